The Morgan fingerprint density at radius 2 is 1.46 bits per heavy atom. The van der Waals surface area contributed by atoms with E-state index in [2.05, 4.69) is 81.5 Å². The second-order valence-corrected chi connectivity index (χ2v) is 9.56. The Morgan fingerprint density at radius 1 is 0.893 bits per heavy atom. The molecule has 1 N–H and O–H groups in total. The van der Waals surface area contributed by atoms with Gasteiger partial charge in [0.05, 0.1) is 11.1 Å². The highest BCUT2D eigenvalue weighted by molar-refractivity contribution is 7.12. The number of hydrogen-bond donors (Lipinski definition) is 1. The van der Waals surface area contributed by atoms with Gasteiger partial charge >= 0.3 is 0 Å². The number of carbonyl (C=O) groups is 1. The lowest BCUT2D eigenvalue weighted by Gasteiger charge is -2.19. The van der Waals surface area contributed by atoms with E-state index in [1.165, 1.54) is 32.7 Å². The minimum absolute atomic E-state index is 0.0713. The second kappa shape index (κ2) is 7.21. The Morgan fingerprint density at radius 3 is 2.04 bits per heavy atom. The first kappa shape index (κ1) is 18.9. The summed E-state index contributed by atoms with van der Waals surface area (Å²) >= 11 is 1.73. The molecule has 144 valence electrons. The van der Waals surface area contributed by atoms with Crippen molar-refractivity contribution in [2.45, 2.75) is 52.5 Å². The van der Waals surface area contributed by atoms with Gasteiger partial charge in [-0.05, 0) is 63.6 Å². The number of nitrogens with one attached hydrogen (secondary N) is 1. The summed E-state index contributed by atoms with van der Waals surface area (Å²) in [6, 6.07) is 17.2. The number of hydrogen-bond acceptors (Lipinski definition) is 2. The van der Waals surface area contributed by atoms with E-state index >= 15 is 0 Å². The van der Waals surface area contributed by atoms with Crippen LogP contribution in [0.3, 0.4) is 0 Å². The summed E-state index contributed by atoms with van der Waals surface area (Å²) in [5.41, 5.74) is 6.83. The van der Waals surface area contributed by atoms with Gasteiger partial charge in [-0.1, -0.05) is 59.7 Å². The number of benzene rings is 2. The van der Waals surface area contributed by atoms with Crippen molar-refractivity contribution in [3.8, 4) is 0 Å². The van der Waals surface area contributed by atoms with Crippen molar-refractivity contribution >= 4 is 17.2 Å². The summed E-state index contributed by atoms with van der Waals surface area (Å²) in [5, 5.41) is 3.38. The van der Waals surface area contributed by atoms with Gasteiger partial charge in [0.1, 0.15) is 0 Å². The third-order valence-electron chi connectivity index (χ3n) is 5.82. The van der Waals surface area contributed by atoms with Gasteiger partial charge in [-0.2, -0.15) is 0 Å². The van der Waals surface area contributed by atoms with Crippen LogP contribution in [0.5, 0.6) is 0 Å². The van der Waals surface area contributed by atoms with Crippen molar-refractivity contribution in [2.24, 2.45) is 0 Å². The lowest BCUT2D eigenvalue weighted by molar-refractivity contribution is 0.0930. The van der Waals surface area contributed by atoms with Crippen molar-refractivity contribution < 1.29 is 4.79 Å². The zero-order valence-electron chi connectivity index (χ0n) is 17.1. The highest BCUT2D eigenvalue weighted by Gasteiger charge is 2.46. The highest BCUT2D eigenvalue weighted by atomic mass is 32.1. The Balaban J connectivity index is 1.61. The molecule has 0 atom stereocenters. The number of carbonyl (C=O) groups excluding carboxylic acids is 1. The fraction of sp³-hybridized carbons (Fsp3) is 0.320. The van der Waals surface area contributed by atoms with E-state index in [-0.39, 0.29) is 11.4 Å². The molecule has 3 heteroatoms. The molecule has 28 heavy (non-hydrogen) atoms. The first-order valence-corrected chi connectivity index (χ1v) is 10.7. The third kappa shape index (κ3) is 3.64. The van der Waals surface area contributed by atoms with Crippen LogP contribution < -0.4 is 5.32 Å². The largest absolute Gasteiger partial charge is 0.342 e. The summed E-state index contributed by atoms with van der Waals surface area (Å²) in [4.78, 5) is 15.7. The van der Waals surface area contributed by atoms with Crippen molar-refractivity contribution in [3.05, 3.63) is 91.7 Å². The van der Waals surface area contributed by atoms with Gasteiger partial charge in [0.15, 0.2) is 0 Å². The summed E-state index contributed by atoms with van der Waals surface area (Å²) in [6.45, 7) is 8.39. The average Bonchev–Trinajstić information content (AvgIpc) is 3.37. The zero-order chi connectivity index (χ0) is 19.9. The second-order valence-electron chi connectivity index (χ2n) is 8.13. The minimum Gasteiger partial charge on any atom is -0.342 e. The minimum atomic E-state index is -0.186. The number of amides is 1. The average molecular weight is 390 g/mol. The van der Waals surface area contributed by atoms with Crippen molar-refractivity contribution in [1.82, 2.24) is 5.32 Å². The van der Waals surface area contributed by atoms with Crippen LogP contribution in [0.25, 0.3) is 0 Å². The Hall–Kier alpha value is -2.39. The van der Waals surface area contributed by atoms with Crippen molar-refractivity contribution in [3.63, 3.8) is 0 Å². The first-order chi connectivity index (χ1) is 13.4. The highest BCUT2D eigenvalue weighted by Crippen LogP contribution is 2.46. The third-order valence-corrected chi connectivity index (χ3v) is 6.88. The van der Waals surface area contributed by atoms with Gasteiger partial charge in [-0.15, -0.1) is 11.3 Å². The monoisotopic (exact) mass is 389 g/mol. The van der Waals surface area contributed by atoms with E-state index in [0.29, 0.717) is 0 Å². The van der Waals surface area contributed by atoms with Crippen LogP contribution in [-0.4, -0.2) is 5.91 Å². The maximum absolute atomic E-state index is 13.3. The summed E-state index contributed by atoms with van der Waals surface area (Å²) in [6.07, 6.45) is 2.82. The number of rotatable bonds is 5. The lowest BCUT2D eigenvalue weighted by Crippen LogP contribution is -2.35. The molecule has 1 aromatic heterocycles. The van der Waals surface area contributed by atoms with Crippen LogP contribution in [0.4, 0.5) is 0 Å². The molecular weight excluding hydrogens is 362 g/mol. The zero-order valence-corrected chi connectivity index (χ0v) is 17.9. The van der Waals surface area contributed by atoms with Crippen LogP contribution in [-0.2, 0) is 12.0 Å². The van der Waals surface area contributed by atoms with E-state index in [9.17, 15) is 4.79 Å². The van der Waals surface area contributed by atoms with Crippen LogP contribution >= 0.6 is 11.3 Å². The molecule has 1 amide bonds. The van der Waals surface area contributed by atoms with E-state index in [4.69, 9.17) is 0 Å². The Labute approximate surface area is 171 Å². The van der Waals surface area contributed by atoms with E-state index in [0.717, 1.165) is 29.7 Å². The molecule has 0 spiro atoms. The maximum atomic E-state index is 13.3. The topological polar surface area (TPSA) is 29.1 Å². The molecule has 2 aromatic carbocycles. The van der Waals surface area contributed by atoms with Crippen LogP contribution in [0, 0.1) is 27.7 Å². The predicted molar refractivity (Wildman–Crippen MR) is 117 cm³/mol. The lowest BCUT2D eigenvalue weighted by atomic mass is 9.98. The Bertz CT molecular complexity index is 1010. The molecule has 1 aliphatic rings. The maximum Gasteiger partial charge on any atom is 0.253 e. The van der Waals surface area contributed by atoms with Crippen LogP contribution in [0.1, 0.15) is 60.8 Å². The number of thiophene rings is 1. The quantitative estimate of drug-likeness (QED) is 0.570. The fourth-order valence-electron chi connectivity index (χ4n) is 3.91. The molecule has 0 bridgehead atoms. The molecule has 0 radical (unpaired) electrons. The SMILES string of the molecule is Cc1ccc(Cc2c(C)sc(C)c2C(=O)NC2(c3ccc(C)cc3)CC2)cc1. The standard InChI is InChI=1S/C25H27NOS/c1-16-5-9-20(10-6-16)15-22-18(3)28-19(4)23(22)24(27)26-25(13-14-25)21-11-7-17(2)8-12-21/h5-12H,13-15H2,1-4H3,(H,26,27). The number of aryl methyl sites for hydroxylation is 4. The molecule has 0 aliphatic heterocycles. The van der Waals surface area contributed by atoms with Crippen LogP contribution in [0.2, 0.25) is 0 Å². The molecule has 0 unspecified atom stereocenters. The molecule has 1 aliphatic carbocycles. The fourth-order valence-corrected chi connectivity index (χ4v) is 4.99. The molecule has 2 nitrogen and oxygen atoms in total. The molecule has 1 heterocycles. The van der Waals surface area contributed by atoms with Crippen molar-refractivity contribution in [2.75, 3.05) is 0 Å². The molecule has 0 saturated heterocycles. The van der Waals surface area contributed by atoms with Gasteiger partial charge in [0, 0.05) is 9.75 Å². The molecule has 4 rings (SSSR count). The smallest absolute Gasteiger partial charge is 0.253 e. The summed E-state index contributed by atoms with van der Waals surface area (Å²) < 4.78 is 0. The molecular formula is C25H27NOS. The van der Waals surface area contributed by atoms with Gasteiger partial charge < -0.3 is 5.32 Å². The Kier molecular flexibility index (Phi) is 4.88. The normalized spacial score (nSPS) is 14.7. The van der Waals surface area contributed by atoms with E-state index < -0.39 is 0 Å². The van der Waals surface area contributed by atoms with E-state index in [1.807, 2.05) is 0 Å². The van der Waals surface area contributed by atoms with E-state index in [1.54, 1.807) is 11.3 Å². The molecule has 1 fully saturated rings. The summed E-state index contributed by atoms with van der Waals surface area (Å²) in [7, 11) is 0. The predicted octanol–water partition coefficient (Wildman–Crippen LogP) is 5.99. The van der Waals surface area contributed by atoms with Crippen LogP contribution in [0.15, 0.2) is 48.5 Å². The molecule has 1 saturated carbocycles. The summed E-state index contributed by atoms with van der Waals surface area (Å²) in [5.74, 6) is 0.0713. The van der Waals surface area contributed by atoms with Gasteiger partial charge in [-0.3, -0.25) is 4.79 Å². The van der Waals surface area contributed by atoms with Gasteiger partial charge in [0.2, 0.25) is 0 Å². The van der Waals surface area contributed by atoms with Gasteiger partial charge in [-0.25, -0.2) is 0 Å². The van der Waals surface area contributed by atoms with Gasteiger partial charge in [0.25, 0.3) is 5.91 Å². The first-order valence-electron chi connectivity index (χ1n) is 9.92. The molecule has 3 aromatic rings. The van der Waals surface area contributed by atoms with Crippen molar-refractivity contribution in [1.29, 1.82) is 0 Å².